The van der Waals surface area contributed by atoms with Gasteiger partial charge in [-0.2, -0.15) is 4.98 Å². The van der Waals surface area contributed by atoms with Crippen LogP contribution in [0, 0.1) is 5.82 Å². The molecule has 0 radical (unpaired) electrons. The number of aromatic nitrogens is 3. The summed E-state index contributed by atoms with van der Waals surface area (Å²) in [4.78, 5) is 21.9. The van der Waals surface area contributed by atoms with Gasteiger partial charge in [0.15, 0.2) is 11.0 Å². The van der Waals surface area contributed by atoms with Gasteiger partial charge in [0.25, 0.3) is 5.56 Å². The lowest BCUT2D eigenvalue weighted by Gasteiger charge is -2.23. The highest BCUT2D eigenvalue weighted by molar-refractivity contribution is 6.30. The summed E-state index contributed by atoms with van der Waals surface area (Å²) < 4.78 is 19.6. The zero-order valence-electron chi connectivity index (χ0n) is 12.2. The zero-order chi connectivity index (χ0) is 16.4. The van der Waals surface area contributed by atoms with Crippen LogP contribution in [-0.4, -0.2) is 34.1 Å². The van der Waals surface area contributed by atoms with E-state index < -0.39 is 16.5 Å². The van der Waals surface area contributed by atoms with Crippen LogP contribution in [-0.2, 0) is 0 Å². The van der Waals surface area contributed by atoms with Gasteiger partial charge in [0.05, 0.1) is 6.61 Å². The molecule has 6 nitrogen and oxygen atoms in total. The Bertz CT molecular complexity index is 777. The van der Waals surface area contributed by atoms with E-state index in [-0.39, 0.29) is 22.1 Å². The fraction of sp³-hybridized carbons (Fsp3) is 0.500. The summed E-state index contributed by atoms with van der Waals surface area (Å²) in [6, 6.07) is 0.372. The molecular weight excluding hydrogens is 346 g/mol. The average molecular weight is 361 g/mol. The number of nitrogens with one attached hydrogen (secondary N) is 2. The molecule has 0 bridgehead atoms. The van der Waals surface area contributed by atoms with E-state index in [2.05, 4.69) is 20.3 Å². The highest BCUT2D eigenvalue weighted by Crippen LogP contribution is 2.27. The molecule has 0 amide bonds. The van der Waals surface area contributed by atoms with Gasteiger partial charge < -0.3 is 10.1 Å². The van der Waals surface area contributed by atoms with E-state index in [1.807, 2.05) is 0 Å². The summed E-state index contributed by atoms with van der Waals surface area (Å²) in [5.41, 5.74) is -0.863. The Morgan fingerprint density at radius 2 is 2.13 bits per heavy atom. The predicted molar refractivity (Wildman–Crippen MR) is 85.9 cm³/mol. The highest BCUT2D eigenvalue weighted by atomic mass is 35.5. The number of piperidine rings is 1. The molecule has 0 saturated carbocycles. The number of halogens is 3. The van der Waals surface area contributed by atoms with E-state index in [9.17, 15) is 9.18 Å². The van der Waals surface area contributed by atoms with Crippen LogP contribution >= 0.6 is 23.2 Å². The first kappa shape index (κ1) is 16.4. The van der Waals surface area contributed by atoms with Crippen LogP contribution in [0.4, 0.5) is 4.39 Å². The Morgan fingerprint density at radius 3 is 2.87 bits per heavy atom. The summed E-state index contributed by atoms with van der Waals surface area (Å²) >= 11 is 11.4. The smallest absolute Gasteiger partial charge is 0.265 e. The van der Waals surface area contributed by atoms with E-state index in [1.54, 1.807) is 0 Å². The minimum Gasteiger partial charge on any atom is -0.477 e. The van der Waals surface area contributed by atoms with Gasteiger partial charge in [-0.25, -0.2) is 9.37 Å². The molecule has 1 aliphatic heterocycles. The lowest BCUT2D eigenvalue weighted by atomic mass is 10.0. The third kappa shape index (κ3) is 3.57. The topological polar surface area (TPSA) is 79.9 Å². The third-order valence-electron chi connectivity index (χ3n) is 3.81. The summed E-state index contributed by atoms with van der Waals surface area (Å²) in [5.74, 6) is -0.927. The van der Waals surface area contributed by atoms with E-state index in [4.69, 9.17) is 27.9 Å². The molecule has 1 fully saturated rings. The van der Waals surface area contributed by atoms with Crippen LogP contribution in [0.3, 0.4) is 0 Å². The van der Waals surface area contributed by atoms with Gasteiger partial charge in [0, 0.05) is 6.04 Å². The second-order valence-electron chi connectivity index (χ2n) is 5.39. The number of H-pyrrole nitrogens is 1. The minimum atomic E-state index is -0.893. The van der Waals surface area contributed by atoms with E-state index >= 15 is 0 Å². The molecule has 0 aliphatic carbocycles. The van der Waals surface area contributed by atoms with Gasteiger partial charge in [0.2, 0.25) is 11.2 Å². The molecule has 23 heavy (non-hydrogen) atoms. The van der Waals surface area contributed by atoms with E-state index in [1.165, 1.54) is 12.8 Å². The number of hydrogen-bond acceptors (Lipinski definition) is 5. The fourth-order valence-corrected chi connectivity index (χ4v) is 3.00. The maximum Gasteiger partial charge on any atom is 0.265 e. The Labute approximate surface area is 141 Å². The predicted octanol–water partition coefficient (Wildman–Crippen LogP) is 2.67. The lowest BCUT2D eigenvalue weighted by Crippen LogP contribution is -2.35. The number of rotatable bonds is 4. The monoisotopic (exact) mass is 360 g/mol. The maximum atomic E-state index is 14.0. The minimum absolute atomic E-state index is 0.0346. The van der Waals surface area contributed by atoms with Crippen LogP contribution in [0.2, 0.25) is 10.4 Å². The first-order valence-corrected chi connectivity index (χ1v) is 8.12. The van der Waals surface area contributed by atoms with Crippen molar-refractivity contribution in [1.82, 2.24) is 20.3 Å². The molecule has 1 aliphatic rings. The van der Waals surface area contributed by atoms with E-state index in [0.29, 0.717) is 12.6 Å². The molecule has 1 atom stereocenters. The second kappa shape index (κ2) is 6.98. The van der Waals surface area contributed by atoms with Crippen molar-refractivity contribution < 1.29 is 9.13 Å². The van der Waals surface area contributed by atoms with Crippen molar-refractivity contribution in [2.24, 2.45) is 0 Å². The van der Waals surface area contributed by atoms with Gasteiger partial charge in [-0.15, -0.1) is 0 Å². The molecule has 124 valence electrons. The molecule has 3 heterocycles. The van der Waals surface area contributed by atoms with Crippen LogP contribution in [0.1, 0.15) is 25.7 Å². The van der Waals surface area contributed by atoms with Crippen molar-refractivity contribution in [2.75, 3.05) is 13.2 Å². The Hall–Kier alpha value is -1.44. The Balaban J connectivity index is 1.85. The van der Waals surface area contributed by atoms with E-state index in [0.717, 1.165) is 19.4 Å². The normalized spacial score (nSPS) is 18.3. The molecule has 2 aromatic heterocycles. The molecule has 0 aromatic carbocycles. The molecule has 2 N–H and O–H groups in total. The van der Waals surface area contributed by atoms with Gasteiger partial charge in [0.1, 0.15) is 10.9 Å². The molecule has 0 unspecified atom stereocenters. The number of pyridine rings is 1. The highest BCUT2D eigenvalue weighted by Gasteiger charge is 2.19. The van der Waals surface area contributed by atoms with Crippen LogP contribution in [0.15, 0.2) is 4.79 Å². The summed E-state index contributed by atoms with van der Waals surface area (Å²) in [6.45, 7) is 1.33. The second-order valence-corrected chi connectivity index (χ2v) is 6.10. The number of nitrogens with zero attached hydrogens (tertiary/aromatic N) is 2. The van der Waals surface area contributed by atoms with Crippen molar-refractivity contribution in [1.29, 1.82) is 0 Å². The summed E-state index contributed by atoms with van der Waals surface area (Å²) in [5, 5.41) is 2.68. The molecule has 3 rings (SSSR count). The SMILES string of the molecule is O=c1[nH]c(Cl)nc2c(F)c(Cl)nc(OCC[C@@H]3CCCCN3)c12. The molecule has 9 heteroatoms. The number of fused-ring (bicyclic) bond motifs is 1. The zero-order valence-corrected chi connectivity index (χ0v) is 13.7. The summed E-state index contributed by atoms with van der Waals surface area (Å²) in [7, 11) is 0. The molecule has 2 aromatic rings. The molecular formula is C14H15Cl2FN4O2. The maximum absolute atomic E-state index is 14.0. The number of aromatic amines is 1. The molecule has 0 spiro atoms. The lowest BCUT2D eigenvalue weighted by molar-refractivity contribution is 0.263. The van der Waals surface area contributed by atoms with Crippen molar-refractivity contribution in [2.45, 2.75) is 31.7 Å². The first-order chi connectivity index (χ1) is 11.1. The van der Waals surface area contributed by atoms with Crippen molar-refractivity contribution >= 4 is 34.1 Å². The number of ether oxygens (including phenoxy) is 1. The Kier molecular flexibility index (Phi) is 4.99. The van der Waals surface area contributed by atoms with Gasteiger partial charge in [-0.3, -0.25) is 9.78 Å². The van der Waals surface area contributed by atoms with Crippen molar-refractivity contribution in [3.8, 4) is 5.88 Å². The van der Waals surface area contributed by atoms with Crippen molar-refractivity contribution in [3.05, 3.63) is 26.6 Å². The number of hydrogen-bond donors (Lipinski definition) is 2. The van der Waals surface area contributed by atoms with Gasteiger partial charge >= 0.3 is 0 Å². The van der Waals surface area contributed by atoms with Crippen molar-refractivity contribution in [3.63, 3.8) is 0 Å². The Morgan fingerprint density at radius 1 is 1.30 bits per heavy atom. The average Bonchev–Trinajstić information content (AvgIpc) is 2.52. The van der Waals surface area contributed by atoms with Crippen LogP contribution < -0.4 is 15.6 Å². The third-order valence-corrected chi connectivity index (χ3v) is 4.24. The van der Waals surface area contributed by atoms with Gasteiger partial charge in [-0.05, 0) is 37.4 Å². The van der Waals surface area contributed by atoms with Gasteiger partial charge in [-0.1, -0.05) is 18.0 Å². The fourth-order valence-electron chi connectivity index (χ4n) is 2.67. The first-order valence-electron chi connectivity index (χ1n) is 7.37. The standard InChI is InChI=1S/C14H15Cl2FN4O2/c15-11-9(17)10-8(12(22)21-14(16)19-10)13(20-11)23-6-4-7-3-1-2-5-18-7/h7,18H,1-6H2,(H,19,21,22)/t7-/m0/s1. The summed E-state index contributed by atoms with van der Waals surface area (Å²) in [6.07, 6.45) is 4.21. The quantitative estimate of drug-likeness (QED) is 0.647. The largest absolute Gasteiger partial charge is 0.477 e. The van der Waals surface area contributed by atoms with Crippen LogP contribution in [0.5, 0.6) is 5.88 Å². The van der Waals surface area contributed by atoms with Crippen LogP contribution in [0.25, 0.3) is 10.9 Å². The molecule has 1 saturated heterocycles.